The molecule has 0 aromatic heterocycles. The number of halogens is 1. The highest BCUT2D eigenvalue weighted by atomic mass is 79.9. The molecule has 1 aliphatic heterocycles. The normalized spacial score (nSPS) is 16.4. The fraction of sp³-hybridized carbons (Fsp3) is 0.0588. The van der Waals surface area contributed by atoms with Crippen molar-refractivity contribution in [3.8, 4) is 5.75 Å². The van der Waals surface area contributed by atoms with E-state index in [-0.39, 0.29) is 23.4 Å². The van der Waals surface area contributed by atoms with Crippen molar-refractivity contribution >= 4 is 44.9 Å². The van der Waals surface area contributed by atoms with Crippen molar-refractivity contribution in [2.24, 2.45) is 0 Å². The first-order chi connectivity index (χ1) is 11.0. The zero-order valence-corrected chi connectivity index (χ0v) is 14.3. The summed E-state index contributed by atoms with van der Waals surface area (Å²) in [6, 6.07) is 14.0. The molecule has 4 nitrogen and oxygen atoms in total. The molecule has 6 heteroatoms. The summed E-state index contributed by atoms with van der Waals surface area (Å²) in [5, 5.41) is 9.00. The van der Waals surface area contributed by atoms with Crippen molar-refractivity contribution in [1.82, 2.24) is 4.90 Å². The first kappa shape index (κ1) is 15.8. The van der Waals surface area contributed by atoms with E-state index in [0.717, 1.165) is 27.4 Å². The Morgan fingerprint density at radius 2 is 1.87 bits per heavy atom. The van der Waals surface area contributed by atoms with E-state index in [1.165, 1.54) is 17.0 Å². The topological polar surface area (TPSA) is 57.6 Å². The van der Waals surface area contributed by atoms with Crippen LogP contribution >= 0.6 is 27.7 Å². The van der Waals surface area contributed by atoms with Crippen LogP contribution in [0.1, 0.15) is 11.1 Å². The van der Waals surface area contributed by atoms with E-state index in [0.29, 0.717) is 4.91 Å². The van der Waals surface area contributed by atoms with Crippen LogP contribution in [0.5, 0.6) is 5.75 Å². The Bertz CT molecular complexity index is 802. The van der Waals surface area contributed by atoms with Gasteiger partial charge in [-0.15, -0.1) is 0 Å². The quantitative estimate of drug-likeness (QED) is 0.790. The average molecular weight is 390 g/mol. The smallest absolute Gasteiger partial charge is 0.293 e. The molecule has 0 radical (unpaired) electrons. The van der Waals surface area contributed by atoms with Gasteiger partial charge in [-0.1, -0.05) is 40.2 Å². The summed E-state index contributed by atoms with van der Waals surface area (Å²) in [4.78, 5) is 26.2. The number of phenolic OH excluding ortho intramolecular Hbond substituents is 1. The molecule has 1 fully saturated rings. The third-order valence-electron chi connectivity index (χ3n) is 3.29. The number of hydrogen-bond acceptors (Lipinski definition) is 4. The molecule has 116 valence electrons. The Hall–Kier alpha value is -2.05. The molecule has 1 heterocycles. The van der Waals surface area contributed by atoms with Crippen molar-refractivity contribution in [2.75, 3.05) is 0 Å². The Balaban J connectivity index is 1.81. The van der Waals surface area contributed by atoms with E-state index in [1.807, 2.05) is 24.3 Å². The second kappa shape index (κ2) is 6.60. The minimum Gasteiger partial charge on any atom is -0.508 e. The van der Waals surface area contributed by atoms with Gasteiger partial charge in [-0.3, -0.25) is 14.5 Å². The third-order valence-corrected chi connectivity index (χ3v) is 4.69. The zero-order chi connectivity index (χ0) is 16.4. The third kappa shape index (κ3) is 3.65. The zero-order valence-electron chi connectivity index (χ0n) is 11.9. The van der Waals surface area contributed by atoms with Crippen molar-refractivity contribution in [1.29, 1.82) is 0 Å². The predicted molar refractivity (Wildman–Crippen MR) is 93.8 cm³/mol. The molecule has 2 amide bonds. The molecule has 1 saturated heterocycles. The summed E-state index contributed by atoms with van der Waals surface area (Å²) in [6.45, 7) is 0.247. The van der Waals surface area contributed by atoms with Gasteiger partial charge in [0, 0.05) is 4.47 Å². The number of amides is 2. The molecule has 0 saturated carbocycles. The number of carbonyl (C=O) groups excluding carboxylic acids is 2. The molecule has 0 aliphatic carbocycles. The minimum absolute atomic E-state index is 0.157. The van der Waals surface area contributed by atoms with Gasteiger partial charge in [-0.2, -0.15) is 0 Å². The number of carbonyl (C=O) groups is 2. The van der Waals surface area contributed by atoms with Crippen molar-refractivity contribution < 1.29 is 14.7 Å². The summed E-state index contributed by atoms with van der Waals surface area (Å²) in [6.07, 6.45) is 1.66. The molecule has 1 aliphatic rings. The maximum Gasteiger partial charge on any atom is 0.293 e. The minimum atomic E-state index is -0.298. The van der Waals surface area contributed by atoms with Gasteiger partial charge < -0.3 is 5.11 Å². The van der Waals surface area contributed by atoms with E-state index in [9.17, 15) is 14.7 Å². The van der Waals surface area contributed by atoms with Crippen LogP contribution in [-0.2, 0) is 11.3 Å². The molecule has 23 heavy (non-hydrogen) atoms. The molecular weight excluding hydrogens is 378 g/mol. The van der Waals surface area contributed by atoms with Gasteiger partial charge in [0.1, 0.15) is 5.75 Å². The van der Waals surface area contributed by atoms with Crippen LogP contribution < -0.4 is 0 Å². The van der Waals surface area contributed by atoms with E-state index in [4.69, 9.17) is 0 Å². The maximum absolute atomic E-state index is 12.4. The van der Waals surface area contributed by atoms with E-state index < -0.39 is 0 Å². The first-order valence-electron chi connectivity index (χ1n) is 6.82. The molecule has 2 aromatic carbocycles. The largest absolute Gasteiger partial charge is 0.508 e. The standard InChI is InChI=1S/C17H12BrNO3S/c18-13-3-1-2-12(8-13)10-19-16(21)15(23-17(19)22)9-11-4-6-14(20)7-5-11/h1-9,20H,10H2/b15-9-. The number of imide groups is 1. The van der Waals surface area contributed by atoms with E-state index in [1.54, 1.807) is 18.2 Å². The Kier molecular flexibility index (Phi) is 4.54. The monoisotopic (exact) mass is 389 g/mol. The molecule has 0 unspecified atom stereocenters. The number of nitrogens with zero attached hydrogens (tertiary/aromatic N) is 1. The number of aromatic hydroxyl groups is 1. The lowest BCUT2D eigenvalue weighted by Crippen LogP contribution is -2.27. The molecule has 0 atom stereocenters. The van der Waals surface area contributed by atoms with E-state index >= 15 is 0 Å². The van der Waals surface area contributed by atoms with Gasteiger partial charge in [0.25, 0.3) is 11.1 Å². The average Bonchev–Trinajstić information content (AvgIpc) is 2.77. The number of rotatable bonds is 3. The summed E-state index contributed by atoms with van der Waals surface area (Å²) in [5.41, 5.74) is 1.64. The van der Waals surface area contributed by atoms with Gasteiger partial charge >= 0.3 is 0 Å². The second-order valence-corrected chi connectivity index (χ2v) is 6.90. The van der Waals surface area contributed by atoms with Gasteiger partial charge in [0.2, 0.25) is 0 Å². The van der Waals surface area contributed by atoms with Crippen LogP contribution in [0.15, 0.2) is 57.9 Å². The fourth-order valence-corrected chi connectivity index (χ4v) is 3.46. The summed E-state index contributed by atoms with van der Waals surface area (Å²) < 4.78 is 0.904. The lowest BCUT2D eigenvalue weighted by Gasteiger charge is -2.12. The Labute approximate surface area is 145 Å². The van der Waals surface area contributed by atoms with Gasteiger partial charge in [-0.05, 0) is 53.2 Å². The van der Waals surface area contributed by atoms with Crippen molar-refractivity contribution in [3.05, 3.63) is 69.0 Å². The molecule has 3 rings (SSSR count). The van der Waals surface area contributed by atoms with Crippen LogP contribution in [0, 0.1) is 0 Å². The number of benzene rings is 2. The second-order valence-electron chi connectivity index (χ2n) is 4.99. The van der Waals surface area contributed by atoms with Crippen LogP contribution in [0.3, 0.4) is 0 Å². The van der Waals surface area contributed by atoms with Crippen molar-refractivity contribution in [2.45, 2.75) is 6.54 Å². The molecule has 0 spiro atoms. The Morgan fingerprint density at radius 3 is 2.57 bits per heavy atom. The molecule has 1 N–H and O–H groups in total. The lowest BCUT2D eigenvalue weighted by molar-refractivity contribution is -0.123. The molecular formula is C17H12BrNO3S. The van der Waals surface area contributed by atoms with Gasteiger partial charge in [0.15, 0.2) is 0 Å². The van der Waals surface area contributed by atoms with Gasteiger partial charge in [0.05, 0.1) is 11.4 Å². The maximum atomic E-state index is 12.4. The predicted octanol–water partition coefficient (Wildman–Crippen LogP) is 4.39. The Morgan fingerprint density at radius 1 is 1.13 bits per heavy atom. The SMILES string of the molecule is O=C1S/C(=C\c2ccc(O)cc2)C(=O)N1Cc1cccc(Br)c1. The summed E-state index contributed by atoms with van der Waals surface area (Å²) in [7, 11) is 0. The highest BCUT2D eigenvalue weighted by Crippen LogP contribution is 2.33. The van der Waals surface area contributed by atoms with E-state index in [2.05, 4.69) is 15.9 Å². The van der Waals surface area contributed by atoms with Crippen LogP contribution in [0.4, 0.5) is 4.79 Å². The van der Waals surface area contributed by atoms with Crippen molar-refractivity contribution in [3.63, 3.8) is 0 Å². The number of thioether (sulfide) groups is 1. The summed E-state index contributed by atoms with van der Waals surface area (Å²) in [5.74, 6) is -0.141. The summed E-state index contributed by atoms with van der Waals surface area (Å²) >= 11 is 4.31. The lowest BCUT2D eigenvalue weighted by atomic mass is 10.2. The fourth-order valence-electron chi connectivity index (χ4n) is 2.18. The first-order valence-corrected chi connectivity index (χ1v) is 8.43. The molecule has 2 aromatic rings. The van der Waals surface area contributed by atoms with Gasteiger partial charge in [-0.25, -0.2) is 0 Å². The number of phenols is 1. The number of hydrogen-bond donors (Lipinski definition) is 1. The van der Waals surface area contributed by atoms with Crippen LogP contribution in [0.25, 0.3) is 6.08 Å². The van der Waals surface area contributed by atoms with Crippen LogP contribution in [-0.4, -0.2) is 21.2 Å². The highest BCUT2D eigenvalue weighted by Gasteiger charge is 2.34. The molecule has 0 bridgehead atoms. The highest BCUT2D eigenvalue weighted by molar-refractivity contribution is 9.10. The van der Waals surface area contributed by atoms with Crippen LogP contribution in [0.2, 0.25) is 0 Å².